The number of anilines is 1. The minimum Gasteiger partial charge on any atom is -0.375 e. The fraction of sp³-hybridized carbons (Fsp3) is 0.200. The number of rotatable bonds is 3. The number of hydrogen-bond acceptors (Lipinski definition) is 4. The van der Waals surface area contributed by atoms with Gasteiger partial charge in [-0.15, -0.1) is 11.3 Å². The van der Waals surface area contributed by atoms with Crippen molar-refractivity contribution in [1.82, 2.24) is 9.97 Å². The van der Waals surface area contributed by atoms with Gasteiger partial charge in [-0.2, -0.15) is 0 Å². The molecule has 0 fully saturated rings. The van der Waals surface area contributed by atoms with Crippen LogP contribution in [0, 0.1) is 6.92 Å². The van der Waals surface area contributed by atoms with Gasteiger partial charge in [0.15, 0.2) is 0 Å². The maximum atomic E-state index is 6.41. The number of thiazole rings is 1. The molecular formula is C15H14ClN3S. The third kappa shape index (κ3) is 2.37. The van der Waals surface area contributed by atoms with Crippen LogP contribution in [0.3, 0.4) is 0 Å². The zero-order valence-electron chi connectivity index (χ0n) is 11.2. The zero-order valence-corrected chi connectivity index (χ0v) is 12.8. The van der Waals surface area contributed by atoms with Gasteiger partial charge in [-0.05, 0) is 37.6 Å². The summed E-state index contributed by atoms with van der Waals surface area (Å²) in [7, 11) is 0. The molecule has 0 aliphatic carbocycles. The average molecular weight is 304 g/mol. The van der Waals surface area contributed by atoms with Crippen molar-refractivity contribution in [2.24, 2.45) is 0 Å². The van der Waals surface area contributed by atoms with E-state index in [9.17, 15) is 0 Å². The van der Waals surface area contributed by atoms with Gasteiger partial charge in [-0.1, -0.05) is 11.6 Å². The number of aromatic nitrogens is 2. The largest absolute Gasteiger partial charge is 0.375 e. The molecule has 5 heteroatoms. The SMILES string of the molecule is Cc1cc(Cl)c(NC(C)c2cscn2)c2cccnc12. The number of fused-ring (bicyclic) bond motifs is 1. The summed E-state index contributed by atoms with van der Waals surface area (Å²) in [5.74, 6) is 0. The molecule has 0 bridgehead atoms. The molecule has 2 aromatic heterocycles. The lowest BCUT2D eigenvalue weighted by molar-refractivity contribution is 0.852. The number of nitrogens with one attached hydrogen (secondary N) is 1. The monoisotopic (exact) mass is 303 g/mol. The Bertz CT molecular complexity index is 740. The van der Waals surface area contributed by atoms with E-state index in [4.69, 9.17) is 11.6 Å². The Morgan fingerprint density at radius 3 is 2.95 bits per heavy atom. The molecule has 1 atom stereocenters. The third-order valence-electron chi connectivity index (χ3n) is 3.29. The predicted molar refractivity (Wildman–Crippen MR) is 85.6 cm³/mol. The molecule has 0 spiro atoms. The van der Waals surface area contributed by atoms with E-state index < -0.39 is 0 Å². The average Bonchev–Trinajstić information content (AvgIpc) is 2.97. The first-order valence-electron chi connectivity index (χ1n) is 6.35. The predicted octanol–water partition coefficient (Wildman–Crippen LogP) is 4.83. The number of benzene rings is 1. The molecule has 3 nitrogen and oxygen atoms in total. The molecule has 2 heterocycles. The smallest absolute Gasteiger partial charge is 0.0795 e. The van der Waals surface area contributed by atoms with Gasteiger partial charge >= 0.3 is 0 Å². The molecule has 3 rings (SSSR count). The van der Waals surface area contributed by atoms with Gasteiger partial charge in [0, 0.05) is 17.0 Å². The van der Waals surface area contributed by atoms with Crippen LogP contribution in [0.15, 0.2) is 35.3 Å². The zero-order chi connectivity index (χ0) is 14.1. The minimum absolute atomic E-state index is 0.102. The van der Waals surface area contributed by atoms with Crippen molar-refractivity contribution in [3.05, 3.63) is 51.6 Å². The Kier molecular flexibility index (Phi) is 3.59. The van der Waals surface area contributed by atoms with Crippen LogP contribution in [0.2, 0.25) is 5.02 Å². The van der Waals surface area contributed by atoms with E-state index in [2.05, 4.69) is 22.2 Å². The summed E-state index contributed by atoms with van der Waals surface area (Å²) >= 11 is 8.00. The maximum Gasteiger partial charge on any atom is 0.0795 e. The Morgan fingerprint density at radius 1 is 1.35 bits per heavy atom. The molecule has 1 aromatic carbocycles. The van der Waals surface area contributed by atoms with Crippen molar-refractivity contribution in [3.8, 4) is 0 Å². The summed E-state index contributed by atoms with van der Waals surface area (Å²) < 4.78 is 0. The lowest BCUT2D eigenvalue weighted by Crippen LogP contribution is -2.08. The molecule has 0 aliphatic heterocycles. The van der Waals surface area contributed by atoms with E-state index in [0.29, 0.717) is 5.02 Å². The Morgan fingerprint density at radius 2 is 2.20 bits per heavy atom. The Labute approximate surface area is 126 Å². The second kappa shape index (κ2) is 5.38. The van der Waals surface area contributed by atoms with Crippen molar-refractivity contribution in [2.75, 3.05) is 5.32 Å². The highest BCUT2D eigenvalue weighted by Gasteiger charge is 2.14. The number of halogens is 1. The second-order valence-electron chi connectivity index (χ2n) is 4.73. The molecule has 1 N–H and O–H groups in total. The molecule has 20 heavy (non-hydrogen) atoms. The van der Waals surface area contributed by atoms with Crippen molar-refractivity contribution in [1.29, 1.82) is 0 Å². The first-order valence-corrected chi connectivity index (χ1v) is 7.67. The molecule has 0 radical (unpaired) electrons. The van der Waals surface area contributed by atoms with Gasteiger partial charge in [-0.25, -0.2) is 4.98 Å². The van der Waals surface area contributed by atoms with Gasteiger partial charge in [0.05, 0.1) is 33.5 Å². The molecule has 0 aliphatic rings. The second-order valence-corrected chi connectivity index (χ2v) is 5.86. The highest BCUT2D eigenvalue weighted by molar-refractivity contribution is 7.07. The summed E-state index contributed by atoms with van der Waals surface area (Å²) in [4.78, 5) is 8.78. The van der Waals surface area contributed by atoms with Crippen LogP contribution in [0.25, 0.3) is 10.9 Å². The van der Waals surface area contributed by atoms with E-state index >= 15 is 0 Å². The minimum atomic E-state index is 0.102. The van der Waals surface area contributed by atoms with Crippen molar-refractivity contribution in [3.63, 3.8) is 0 Å². The lowest BCUT2D eigenvalue weighted by Gasteiger charge is -2.17. The van der Waals surface area contributed by atoms with Crippen LogP contribution < -0.4 is 5.32 Å². The molecule has 0 amide bonds. The van der Waals surface area contributed by atoms with E-state index in [1.54, 1.807) is 17.5 Å². The van der Waals surface area contributed by atoms with E-state index in [-0.39, 0.29) is 6.04 Å². The molecule has 0 saturated heterocycles. The molecule has 102 valence electrons. The number of pyridine rings is 1. The maximum absolute atomic E-state index is 6.41. The fourth-order valence-corrected chi connectivity index (χ4v) is 3.22. The number of aryl methyl sites for hydroxylation is 1. The summed E-state index contributed by atoms with van der Waals surface area (Å²) in [6.07, 6.45) is 1.80. The molecular weight excluding hydrogens is 290 g/mol. The summed E-state index contributed by atoms with van der Waals surface area (Å²) in [5, 5.41) is 7.25. The lowest BCUT2D eigenvalue weighted by atomic mass is 10.1. The summed E-state index contributed by atoms with van der Waals surface area (Å²) in [6, 6.07) is 6.02. The first-order chi connectivity index (χ1) is 9.66. The van der Waals surface area contributed by atoms with Crippen LogP contribution in [0.5, 0.6) is 0 Å². The van der Waals surface area contributed by atoms with Gasteiger partial charge in [0.25, 0.3) is 0 Å². The number of hydrogen-bond donors (Lipinski definition) is 1. The standard InChI is InChI=1S/C15H14ClN3S/c1-9-6-12(16)15(11-4-3-5-17-14(9)11)19-10(2)13-7-20-8-18-13/h3-8,10,19H,1-2H3. The topological polar surface area (TPSA) is 37.8 Å². The normalized spacial score (nSPS) is 12.6. The molecule has 3 aromatic rings. The molecule has 0 saturated carbocycles. The van der Waals surface area contributed by atoms with Gasteiger partial charge < -0.3 is 5.32 Å². The Balaban J connectivity index is 2.07. The fourth-order valence-electron chi connectivity index (χ4n) is 2.25. The van der Waals surface area contributed by atoms with E-state index in [0.717, 1.165) is 27.8 Å². The van der Waals surface area contributed by atoms with Crippen molar-refractivity contribution in [2.45, 2.75) is 19.9 Å². The van der Waals surface area contributed by atoms with Gasteiger partial charge in [0.2, 0.25) is 0 Å². The van der Waals surface area contributed by atoms with Gasteiger partial charge in [-0.3, -0.25) is 4.98 Å². The van der Waals surface area contributed by atoms with E-state index in [1.807, 2.05) is 36.0 Å². The highest BCUT2D eigenvalue weighted by Crippen LogP contribution is 2.34. The quantitative estimate of drug-likeness (QED) is 0.753. The van der Waals surface area contributed by atoms with Crippen LogP contribution in [0.4, 0.5) is 5.69 Å². The molecule has 1 unspecified atom stereocenters. The van der Waals surface area contributed by atoms with Crippen LogP contribution in [0.1, 0.15) is 24.2 Å². The summed E-state index contributed by atoms with van der Waals surface area (Å²) in [5.41, 5.74) is 5.83. The van der Waals surface area contributed by atoms with Crippen molar-refractivity contribution < 1.29 is 0 Å². The highest BCUT2D eigenvalue weighted by atomic mass is 35.5. The van der Waals surface area contributed by atoms with Crippen LogP contribution in [-0.4, -0.2) is 9.97 Å². The van der Waals surface area contributed by atoms with E-state index in [1.165, 1.54) is 0 Å². The van der Waals surface area contributed by atoms with Crippen molar-refractivity contribution >= 4 is 39.5 Å². The van der Waals surface area contributed by atoms with Crippen LogP contribution >= 0.6 is 22.9 Å². The number of nitrogens with zero attached hydrogens (tertiary/aromatic N) is 2. The van der Waals surface area contributed by atoms with Crippen LogP contribution in [-0.2, 0) is 0 Å². The van der Waals surface area contributed by atoms with Gasteiger partial charge in [0.1, 0.15) is 0 Å². The summed E-state index contributed by atoms with van der Waals surface area (Å²) in [6.45, 7) is 4.10. The Hall–Kier alpha value is -1.65. The third-order valence-corrected chi connectivity index (χ3v) is 4.19. The first kappa shape index (κ1) is 13.3.